The van der Waals surface area contributed by atoms with Crippen molar-refractivity contribution in [2.75, 3.05) is 18.0 Å². The molecule has 0 spiro atoms. The molecule has 1 N–H and O–H groups in total. The van der Waals surface area contributed by atoms with Crippen LogP contribution in [-0.4, -0.2) is 24.7 Å². The Hall–Kier alpha value is -0.610. The van der Waals surface area contributed by atoms with Crippen LogP contribution in [0, 0.1) is 12.7 Å². The Morgan fingerprint density at radius 1 is 1.45 bits per heavy atom. The second-order valence-corrected chi connectivity index (χ2v) is 6.89. The van der Waals surface area contributed by atoms with Gasteiger partial charge in [-0.2, -0.15) is 0 Å². The Labute approximate surface area is 129 Å². The van der Waals surface area contributed by atoms with Gasteiger partial charge in [0.15, 0.2) is 0 Å². The van der Waals surface area contributed by atoms with E-state index >= 15 is 0 Å². The summed E-state index contributed by atoms with van der Waals surface area (Å²) in [5, 5.41) is 3.65. The normalized spacial score (nSPS) is 26.9. The molecule has 20 heavy (non-hydrogen) atoms. The van der Waals surface area contributed by atoms with Gasteiger partial charge in [-0.3, -0.25) is 0 Å². The summed E-state index contributed by atoms with van der Waals surface area (Å²) < 4.78 is 14.5. The minimum atomic E-state index is -0.183. The van der Waals surface area contributed by atoms with E-state index in [0.717, 1.165) is 37.2 Å². The van der Waals surface area contributed by atoms with Gasteiger partial charge in [0.2, 0.25) is 0 Å². The maximum absolute atomic E-state index is 13.9. The van der Waals surface area contributed by atoms with E-state index < -0.39 is 0 Å². The van der Waals surface area contributed by atoms with E-state index in [-0.39, 0.29) is 11.4 Å². The zero-order valence-electron chi connectivity index (χ0n) is 12.8. The molecule has 2 atom stereocenters. The first-order valence-corrected chi connectivity index (χ1v) is 8.17. The average Bonchev–Trinajstić information content (AvgIpc) is 2.43. The van der Waals surface area contributed by atoms with Crippen molar-refractivity contribution < 1.29 is 4.39 Å². The second kappa shape index (κ2) is 6.02. The lowest BCUT2D eigenvalue weighted by molar-refractivity contribution is 0.276. The van der Waals surface area contributed by atoms with E-state index in [4.69, 9.17) is 0 Å². The highest BCUT2D eigenvalue weighted by Crippen LogP contribution is 2.32. The molecule has 2 rings (SSSR count). The summed E-state index contributed by atoms with van der Waals surface area (Å²) in [4.78, 5) is 2.38. The predicted molar refractivity (Wildman–Crippen MR) is 87.0 cm³/mol. The third kappa shape index (κ3) is 3.01. The fourth-order valence-electron chi connectivity index (χ4n) is 2.86. The highest BCUT2D eigenvalue weighted by atomic mass is 79.9. The van der Waals surface area contributed by atoms with Crippen LogP contribution in [0.4, 0.5) is 10.1 Å². The maximum atomic E-state index is 13.9. The van der Waals surface area contributed by atoms with Gasteiger partial charge in [0.05, 0.1) is 4.47 Å². The molecule has 1 aromatic carbocycles. The number of halogens is 2. The van der Waals surface area contributed by atoms with Crippen molar-refractivity contribution >= 4 is 21.6 Å². The number of hydrogen-bond acceptors (Lipinski definition) is 2. The number of nitrogens with zero attached hydrogens (tertiary/aromatic N) is 1. The van der Waals surface area contributed by atoms with E-state index in [2.05, 4.69) is 53.8 Å². The van der Waals surface area contributed by atoms with Crippen molar-refractivity contribution in [1.29, 1.82) is 0 Å². The summed E-state index contributed by atoms with van der Waals surface area (Å²) in [6.45, 7) is 10.6. The Morgan fingerprint density at radius 2 is 2.15 bits per heavy atom. The van der Waals surface area contributed by atoms with E-state index in [1.54, 1.807) is 6.07 Å². The quantitative estimate of drug-likeness (QED) is 0.883. The number of aryl methyl sites for hydroxylation is 1. The Morgan fingerprint density at radius 3 is 2.75 bits per heavy atom. The number of benzene rings is 1. The molecule has 2 unspecified atom stereocenters. The molecule has 0 aromatic heterocycles. The van der Waals surface area contributed by atoms with Gasteiger partial charge in [0.1, 0.15) is 5.82 Å². The second-order valence-electron chi connectivity index (χ2n) is 6.04. The summed E-state index contributed by atoms with van der Waals surface area (Å²) in [5.41, 5.74) is 2.25. The number of anilines is 1. The Bertz CT molecular complexity index is 492. The van der Waals surface area contributed by atoms with Crippen LogP contribution in [0.5, 0.6) is 0 Å². The van der Waals surface area contributed by atoms with Crippen molar-refractivity contribution in [3.05, 3.63) is 28.0 Å². The standard InChI is InChI=1S/C16H24BrFN2/c1-5-12-9-19-16(4,6-2)10-20(12)15-8-14(18)13(17)7-11(15)3/h7-8,12,19H,5-6,9-10H2,1-4H3. The molecule has 0 saturated carbocycles. The van der Waals surface area contributed by atoms with Crippen LogP contribution in [-0.2, 0) is 0 Å². The third-order valence-corrected chi connectivity index (χ3v) is 5.13. The van der Waals surface area contributed by atoms with Crippen LogP contribution in [0.25, 0.3) is 0 Å². The molecule has 2 nitrogen and oxygen atoms in total. The predicted octanol–water partition coefficient (Wildman–Crippen LogP) is 4.25. The van der Waals surface area contributed by atoms with Crippen LogP contribution in [0.3, 0.4) is 0 Å². The molecular formula is C16H24BrFN2. The van der Waals surface area contributed by atoms with Crippen molar-refractivity contribution in [2.45, 2.75) is 52.1 Å². The highest BCUT2D eigenvalue weighted by Gasteiger charge is 2.34. The minimum Gasteiger partial charge on any atom is -0.365 e. The molecule has 1 aromatic rings. The van der Waals surface area contributed by atoms with Crippen LogP contribution in [0.2, 0.25) is 0 Å². The van der Waals surface area contributed by atoms with Crippen LogP contribution >= 0.6 is 15.9 Å². The van der Waals surface area contributed by atoms with Gasteiger partial charge in [-0.25, -0.2) is 4.39 Å². The van der Waals surface area contributed by atoms with Gasteiger partial charge in [-0.15, -0.1) is 0 Å². The molecule has 0 radical (unpaired) electrons. The van der Waals surface area contributed by atoms with Crippen LogP contribution in [0.15, 0.2) is 16.6 Å². The topological polar surface area (TPSA) is 15.3 Å². The van der Waals surface area contributed by atoms with E-state index in [1.807, 2.05) is 6.07 Å². The zero-order chi connectivity index (χ0) is 14.9. The lowest BCUT2D eigenvalue weighted by Crippen LogP contribution is -2.63. The van der Waals surface area contributed by atoms with Gasteiger partial charge in [-0.05, 0) is 60.3 Å². The summed E-state index contributed by atoms with van der Waals surface area (Å²) in [5.74, 6) is -0.183. The van der Waals surface area contributed by atoms with Gasteiger partial charge >= 0.3 is 0 Å². The van der Waals surface area contributed by atoms with E-state index in [1.165, 1.54) is 0 Å². The molecule has 0 aliphatic carbocycles. The first kappa shape index (κ1) is 15.8. The SMILES string of the molecule is CCC1CNC(C)(CC)CN1c1cc(F)c(Br)cc1C. The number of nitrogens with one attached hydrogen (secondary N) is 1. The van der Waals surface area contributed by atoms with Crippen molar-refractivity contribution in [2.24, 2.45) is 0 Å². The molecule has 0 amide bonds. The van der Waals surface area contributed by atoms with Gasteiger partial charge in [0.25, 0.3) is 0 Å². The van der Waals surface area contributed by atoms with E-state index in [9.17, 15) is 4.39 Å². The maximum Gasteiger partial charge on any atom is 0.139 e. The summed E-state index contributed by atoms with van der Waals surface area (Å²) >= 11 is 3.27. The number of piperazine rings is 1. The Balaban J connectivity index is 2.39. The van der Waals surface area contributed by atoms with Crippen molar-refractivity contribution in [3.63, 3.8) is 0 Å². The monoisotopic (exact) mass is 342 g/mol. The summed E-state index contributed by atoms with van der Waals surface area (Å²) in [7, 11) is 0. The van der Waals surface area contributed by atoms with Gasteiger partial charge in [-0.1, -0.05) is 13.8 Å². The molecule has 1 saturated heterocycles. The van der Waals surface area contributed by atoms with Crippen LogP contribution < -0.4 is 10.2 Å². The Kier molecular flexibility index (Phi) is 4.75. The van der Waals surface area contributed by atoms with Crippen LogP contribution in [0.1, 0.15) is 39.2 Å². The number of hydrogen-bond donors (Lipinski definition) is 1. The summed E-state index contributed by atoms with van der Waals surface area (Å²) in [6.07, 6.45) is 2.13. The molecule has 1 fully saturated rings. The molecule has 4 heteroatoms. The first-order chi connectivity index (χ1) is 9.40. The lowest BCUT2D eigenvalue weighted by atomic mass is 9.92. The molecule has 0 bridgehead atoms. The molecule has 1 heterocycles. The fraction of sp³-hybridized carbons (Fsp3) is 0.625. The molecule has 1 aliphatic heterocycles. The zero-order valence-corrected chi connectivity index (χ0v) is 14.3. The van der Waals surface area contributed by atoms with Gasteiger partial charge < -0.3 is 10.2 Å². The van der Waals surface area contributed by atoms with Gasteiger partial charge in [0, 0.05) is 30.4 Å². The summed E-state index contributed by atoms with van der Waals surface area (Å²) in [6, 6.07) is 3.97. The van der Waals surface area contributed by atoms with Crippen molar-refractivity contribution in [3.8, 4) is 0 Å². The largest absolute Gasteiger partial charge is 0.365 e. The van der Waals surface area contributed by atoms with Crippen molar-refractivity contribution in [1.82, 2.24) is 5.32 Å². The smallest absolute Gasteiger partial charge is 0.139 e. The molecule has 112 valence electrons. The molecule has 1 aliphatic rings. The fourth-order valence-corrected chi connectivity index (χ4v) is 3.32. The lowest BCUT2D eigenvalue weighted by Gasteiger charge is -2.47. The molecular weight excluding hydrogens is 319 g/mol. The average molecular weight is 343 g/mol. The first-order valence-electron chi connectivity index (χ1n) is 7.37. The third-order valence-electron chi connectivity index (χ3n) is 4.52. The number of rotatable bonds is 3. The van der Waals surface area contributed by atoms with E-state index in [0.29, 0.717) is 10.5 Å². The minimum absolute atomic E-state index is 0.0989. The highest BCUT2D eigenvalue weighted by molar-refractivity contribution is 9.10.